The van der Waals surface area contributed by atoms with Crippen molar-refractivity contribution in [2.24, 2.45) is 0 Å². The van der Waals surface area contributed by atoms with E-state index in [2.05, 4.69) is 197 Å². The van der Waals surface area contributed by atoms with Gasteiger partial charge >= 0.3 is 370 Å². The molecule has 0 amide bonds. The molecular weight excluding hydrogens is 866 g/mol. The molecule has 0 bridgehead atoms. The average molecular weight is 933 g/mol. The molecule has 0 heterocycles. The number of hydrogen-bond donors (Lipinski definition) is 0. The van der Waals surface area contributed by atoms with Crippen LogP contribution >= 0.6 is 0 Å². The van der Waals surface area contributed by atoms with Crippen molar-refractivity contribution in [3.63, 3.8) is 0 Å². The van der Waals surface area contributed by atoms with Gasteiger partial charge in [0.25, 0.3) is 0 Å². The Bertz CT molecular complexity index is 1830. The van der Waals surface area contributed by atoms with Crippen molar-refractivity contribution in [2.45, 2.75) is 125 Å². The van der Waals surface area contributed by atoms with E-state index in [1.54, 1.807) is 26.4 Å². The summed E-state index contributed by atoms with van der Waals surface area (Å²) >= 11 is -0.716. The summed E-state index contributed by atoms with van der Waals surface area (Å²) in [5, 5.41) is 0. The summed E-state index contributed by atoms with van der Waals surface area (Å²) in [6.45, 7) is 40.3. The van der Waals surface area contributed by atoms with Crippen LogP contribution in [0.25, 0.3) is 0 Å². The molecule has 0 aliphatic rings. The Balaban J connectivity index is 0.000000189. The zero-order valence-electron chi connectivity index (χ0n) is 38.4. The van der Waals surface area contributed by atoms with E-state index in [0.29, 0.717) is 0 Å². The van der Waals surface area contributed by atoms with Gasteiger partial charge in [-0.05, 0) is 0 Å². The van der Waals surface area contributed by atoms with E-state index in [1.165, 1.54) is 100 Å². The van der Waals surface area contributed by atoms with Crippen molar-refractivity contribution in [3.05, 3.63) is 173 Å². The first-order valence-electron chi connectivity index (χ1n) is 20.4. The van der Waals surface area contributed by atoms with E-state index in [1.807, 2.05) is 0 Å². The number of aryl methyl sites for hydroxylation is 18. The summed E-state index contributed by atoms with van der Waals surface area (Å²) in [4.78, 5) is 0. The van der Waals surface area contributed by atoms with Gasteiger partial charge in [-0.25, -0.2) is 0 Å². The Morgan fingerprint density at radius 1 is 0.175 bits per heavy atom. The Hall–Kier alpha value is -3.05. The zero-order chi connectivity index (χ0) is 42.5. The van der Waals surface area contributed by atoms with E-state index in [9.17, 15) is 0 Å². The van der Waals surface area contributed by atoms with E-state index >= 15 is 0 Å². The number of benzene rings is 6. The van der Waals surface area contributed by atoms with Crippen LogP contribution in [0, 0.1) is 125 Å². The van der Waals surface area contributed by atoms with Crippen LogP contribution in [0.2, 0.25) is 0 Å². The third kappa shape index (κ3) is 12.5. The maximum atomic E-state index is 2.32. The molecule has 6 aromatic rings. The van der Waals surface area contributed by atoms with E-state index in [4.69, 9.17) is 0 Å². The molecule has 0 N–H and O–H groups in total. The van der Waals surface area contributed by atoms with Crippen LogP contribution in [0.3, 0.4) is 0 Å². The van der Waals surface area contributed by atoms with Gasteiger partial charge < -0.3 is 0 Å². The normalized spacial score (nSPS) is 10.8. The molecule has 0 saturated carbocycles. The summed E-state index contributed by atoms with van der Waals surface area (Å²) in [5.74, 6) is 0. The second kappa shape index (κ2) is 20.3. The second-order valence-electron chi connectivity index (χ2n) is 17.0. The van der Waals surface area contributed by atoms with Gasteiger partial charge in [0.2, 0.25) is 0 Å². The van der Waals surface area contributed by atoms with Gasteiger partial charge in [-0.2, -0.15) is 0 Å². The Morgan fingerprint density at radius 3 is 0.351 bits per heavy atom. The fourth-order valence-corrected chi connectivity index (χ4v) is 17.0. The van der Waals surface area contributed by atoms with Crippen molar-refractivity contribution in [2.75, 3.05) is 0 Å². The molecule has 0 atom stereocenters. The first-order valence-corrected chi connectivity index (χ1v) is 26.7. The third-order valence-electron chi connectivity index (χ3n) is 10.8. The average Bonchev–Trinajstić information content (AvgIpc) is 3.05. The predicted octanol–water partition coefficient (Wildman–Crippen LogP) is 9.58. The summed E-state index contributed by atoms with van der Waals surface area (Å²) in [6.07, 6.45) is 0. The first-order chi connectivity index (χ1) is 26.6. The van der Waals surface area contributed by atoms with Gasteiger partial charge in [0.05, 0.1) is 0 Å². The van der Waals surface area contributed by atoms with Gasteiger partial charge in [-0.15, -0.1) is 0 Å². The van der Waals surface area contributed by atoms with Crippen LogP contribution in [0.1, 0.15) is 100 Å². The van der Waals surface area contributed by atoms with E-state index in [0.717, 1.165) is 0 Å². The molecule has 57 heavy (non-hydrogen) atoms. The molecule has 0 saturated heterocycles. The summed E-state index contributed by atoms with van der Waals surface area (Å²) in [6, 6.07) is 27.9. The molecule has 0 aliphatic carbocycles. The molecule has 0 spiro atoms. The van der Waals surface area contributed by atoms with E-state index in [-0.39, 0.29) is 46.3 Å². The van der Waals surface area contributed by atoms with Crippen LogP contribution in [-0.2, 0) is 0 Å². The Morgan fingerprint density at radius 2 is 0.263 bits per heavy atom. The van der Waals surface area contributed by atoms with Crippen molar-refractivity contribution < 1.29 is 0 Å². The SMILES string of the molecule is Cc1cc(C)[c]([Ge][c]2c(C)cc(C)cc2C)c(C)c1.Cc1cc(C)[c]([Ge][c]2c(C)cc(C)cc2C)c(C)c1.Cc1cc(C)[c]([Ge][c]2c(C)cc(C)cc2C)c(C)c1. The molecule has 6 rings (SSSR count). The van der Waals surface area contributed by atoms with Gasteiger partial charge in [0.1, 0.15) is 0 Å². The molecule has 0 aliphatic heterocycles. The van der Waals surface area contributed by atoms with E-state index < -0.39 is 0 Å². The Labute approximate surface area is 367 Å². The molecular formula is C54H66Ge3. The number of hydrogen-bond acceptors (Lipinski definition) is 0. The minimum absolute atomic E-state index is 0.239. The van der Waals surface area contributed by atoms with Crippen molar-refractivity contribution in [1.29, 1.82) is 0 Å². The van der Waals surface area contributed by atoms with Gasteiger partial charge in [0, 0.05) is 0 Å². The molecule has 6 radical (unpaired) electrons. The van der Waals surface area contributed by atoms with Crippen LogP contribution in [0.5, 0.6) is 0 Å². The molecule has 6 aromatic carbocycles. The van der Waals surface area contributed by atoms with Crippen molar-refractivity contribution in [1.82, 2.24) is 0 Å². The van der Waals surface area contributed by atoms with Gasteiger partial charge in [-0.3, -0.25) is 0 Å². The fraction of sp³-hybridized carbons (Fsp3) is 0.333. The fourth-order valence-electron chi connectivity index (χ4n) is 8.64. The maximum absolute atomic E-state index is 2.32. The monoisotopic (exact) mass is 936 g/mol. The minimum atomic E-state index is -0.239. The van der Waals surface area contributed by atoms with Crippen molar-refractivity contribution in [3.8, 4) is 0 Å². The Kier molecular flexibility index (Phi) is 16.6. The second-order valence-corrected chi connectivity index (χ2v) is 24.9. The third-order valence-corrected chi connectivity index (χ3v) is 23.9. The van der Waals surface area contributed by atoms with Gasteiger partial charge in [-0.1, -0.05) is 0 Å². The van der Waals surface area contributed by atoms with Crippen LogP contribution < -0.4 is 26.4 Å². The molecule has 0 nitrogen and oxygen atoms in total. The topological polar surface area (TPSA) is 0 Å². The van der Waals surface area contributed by atoms with Gasteiger partial charge in [0.15, 0.2) is 0 Å². The molecule has 294 valence electrons. The van der Waals surface area contributed by atoms with Crippen LogP contribution in [-0.4, -0.2) is 46.3 Å². The summed E-state index contributed by atoms with van der Waals surface area (Å²) in [5.41, 5.74) is 25.9. The predicted molar refractivity (Wildman–Crippen MR) is 259 cm³/mol. The van der Waals surface area contributed by atoms with Crippen LogP contribution in [0.15, 0.2) is 72.8 Å². The quantitative estimate of drug-likeness (QED) is 0.146. The first kappa shape index (κ1) is 46.6. The van der Waals surface area contributed by atoms with Crippen molar-refractivity contribution >= 4 is 72.7 Å². The molecule has 0 fully saturated rings. The molecule has 0 aromatic heterocycles. The van der Waals surface area contributed by atoms with Crippen LogP contribution in [0.4, 0.5) is 0 Å². The standard InChI is InChI=1S/3C18H22Ge/c3*1-11-7-13(3)17(14(4)8-11)19-18-15(5)9-12(2)10-16(18)6/h3*7-10H,1-6H3. The number of rotatable bonds is 6. The molecule has 3 heteroatoms. The summed E-state index contributed by atoms with van der Waals surface area (Å²) < 4.78 is 9.67. The summed E-state index contributed by atoms with van der Waals surface area (Å²) in [7, 11) is 0. The zero-order valence-corrected chi connectivity index (χ0v) is 44.7. The molecule has 0 unspecified atom stereocenters.